The van der Waals surface area contributed by atoms with Gasteiger partial charge in [0.25, 0.3) is 0 Å². The Morgan fingerprint density at radius 1 is 1.22 bits per heavy atom. The van der Waals surface area contributed by atoms with Crippen molar-refractivity contribution in [1.29, 1.82) is 0 Å². The predicted octanol–water partition coefficient (Wildman–Crippen LogP) is 2.48. The SMILES string of the molecule is C[C@H](NC(=O)N(Cc1ccccc1)CC1CCC1)C(=O)N(C)C. The van der Waals surface area contributed by atoms with Crippen LogP contribution in [0.5, 0.6) is 0 Å². The molecule has 0 saturated heterocycles. The number of amides is 3. The monoisotopic (exact) mass is 317 g/mol. The van der Waals surface area contributed by atoms with Gasteiger partial charge in [-0.15, -0.1) is 0 Å². The minimum atomic E-state index is -0.517. The molecule has 0 radical (unpaired) electrons. The summed E-state index contributed by atoms with van der Waals surface area (Å²) in [6, 6.07) is 9.29. The summed E-state index contributed by atoms with van der Waals surface area (Å²) in [6.07, 6.45) is 3.62. The summed E-state index contributed by atoms with van der Waals surface area (Å²) in [6.45, 7) is 3.06. The van der Waals surface area contributed by atoms with Crippen LogP contribution in [0.4, 0.5) is 4.79 Å². The highest BCUT2D eigenvalue weighted by molar-refractivity contribution is 5.86. The molecule has 1 aliphatic carbocycles. The van der Waals surface area contributed by atoms with Gasteiger partial charge in [0.2, 0.25) is 5.91 Å². The molecule has 0 bridgehead atoms. The zero-order chi connectivity index (χ0) is 16.8. The van der Waals surface area contributed by atoms with Crippen LogP contribution in [0.1, 0.15) is 31.7 Å². The first-order chi connectivity index (χ1) is 11.0. The maximum absolute atomic E-state index is 12.6. The molecule has 0 spiro atoms. The van der Waals surface area contributed by atoms with Gasteiger partial charge in [-0.2, -0.15) is 0 Å². The number of rotatable bonds is 6. The van der Waals surface area contributed by atoms with Crippen LogP contribution in [-0.2, 0) is 11.3 Å². The third-order valence-corrected chi connectivity index (χ3v) is 4.36. The summed E-state index contributed by atoms with van der Waals surface area (Å²) in [7, 11) is 3.39. The molecular formula is C18H27N3O2. The second kappa shape index (κ2) is 7.99. The van der Waals surface area contributed by atoms with Crippen molar-refractivity contribution >= 4 is 11.9 Å². The van der Waals surface area contributed by atoms with E-state index in [1.54, 1.807) is 21.0 Å². The van der Waals surface area contributed by atoms with Crippen LogP contribution in [0.25, 0.3) is 0 Å². The van der Waals surface area contributed by atoms with Crippen LogP contribution in [0, 0.1) is 5.92 Å². The minimum absolute atomic E-state index is 0.0957. The molecule has 5 nitrogen and oxygen atoms in total. The molecule has 1 N–H and O–H groups in total. The molecule has 3 amide bonds. The average Bonchev–Trinajstić information content (AvgIpc) is 2.49. The van der Waals surface area contributed by atoms with Crippen LogP contribution < -0.4 is 5.32 Å². The molecule has 1 fully saturated rings. The Bertz CT molecular complexity index is 526. The van der Waals surface area contributed by atoms with E-state index in [1.165, 1.54) is 24.2 Å². The lowest BCUT2D eigenvalue weighted by atomic mass is 9.85. The Balaban J connectivity index is 2.00. The van der Waals surface area contributed by atoms with Gasteiger partial charge in [0.05, 0.1) is 0 Å². The normalized spacial score (nSPS) is 15.4. The minimum Gasteiger partial charge on any atom is -0.347 e. The zero-order valence-electron chi connectivity index (χ0n) is 14.3. The quantitative estimate of drug-likeness (QED) is 0.876. The van der Waals surface area contributed by atoms with Gasteiger partial charge in [-0.25, -0.2) is 4.79 Å². The van der Waals surface area contributed by atoms with E-state index >= 15 is 0 Å². The Hall–Kier alpha value is -2.04. The van der Waals surface area contributed by atoms with E-state index in [0.717, 1.165) is 12.1 Å². The summed E-state index contributed by atoms with van der Waals surface area (Å²) in [5.41, 5.74) is 1.11. The first-order valence-electron chi connectivity index (χ1n) is 8.28. The molecular weight excluding hydrogens is 290 g/mol. The van der Waals surface area contributed by atoms with Gasteiger partial charge in [-0.05, 0) is 31.2 Å². The highest BCUT2D eigenvalue weighted by Gasteiger charge is 2.26. The number of carbonyl (C=O) groups excluding carboxylic acids is 2. The Labute approximate surface area is 138 Å². The number of urea groups is 1. The molecule has 2 rings (SSSR count). The predicted molar refractivity (Wildman–Crippen MR) is 90.9 cm³/mol. The van der Waals surface area contributed by atoms with Gasteiger partial charge in [0, 0.05) is 27.2 Å². The third kappa shape index (κ3) is 4.98. The summed E-state index contributed by atoms with van der Waals surface area (Å²) in [5, 5.41) is 2.83. The van der Waals surface area contributed by atoms with E-state index in [4.69, 9.17) is 0 Å². The summed E-state index contributed by atoms with van der Waals surface area (Å²) in [5.74, 6) is 0.492. The fraction of sp³-hybridized carbons (Fsp3) is 0.556. The van der Waals surface area contributed by atoms with E-state index < -0.39 is 6.04 Å². The van der Waals surface area contributed by atoms with E-state index in [-0.39, 0.29) is 11.9 Å². The van der Waals surface area contributed by atoms with Crippen molar-refractivity contribution in [1.82, 2.24) is 15.1 Å². The lowest BCUT2D eigenvalue weighted by Gasteiger charge is -2.33. The lowest BCUT2D eigenvalue weighted by Crippen LogP contribution is -2.50. The van der Waals surface area contributed by atoms with Crippen LogP contribution in [0.2, 0.25) is 0 Å². The van der Waals surface area contributed by atoms with E-state index in [2.05, 4.69) is 5.32 Å². The van der Waals surface area contributed by atoms with E-state index in [1.807, 2.05) is 35.2 Å². The van der Waals surface area contributed by atoms with Crippen LogP contribution in [0.15, 0.2) is 30.3 Å². The summed E-state index contributed by atoms with van der Waals surface area (Å²) < 4.78 is 0. The number of hydrogen-bond donors (Lipinski definition) is 1. The molecule has 1 aromatic carbocycles. The molecule has 0 unspecified atom stereocenters. The molecule has 23 heavy (non-hydrogen) atoms. The molecule has 0 heterocycles. The maximum atomic E-state index is 12.6. The van der Waals surface area contributed by atoms with Crippen LogP contribution in [-0.4, -0.2) is 48.4 Å². The van der Waals surface area contributed by atoms with Gasteiger partial charge in [-0.1, -0.05) is 36.8 Å². The third-order valence-electron chi connectivity index (χ3n) is 4.36. The van der Waals surface area contributed by atoms with Crippen molar-refractivity contribution in [2.24, 2.45) is 5.92 Å². The first-order valence-corrected chi connectivity index (χ1v) is 8.28. The van der Waals surface area contributed by atoms with Gasteiger partial charge in [-0.3, -0.25) is 4.79 Å². The zero-order valence-corrected chi connectivity index (χ0v) is 14.3. The van der Waals surface area contributed by atoms with Crippen molar-refractivity contribution in [3.05, 3.63) is 35.9 Å². The fourth-order valence-corrected chi connectivity index (χ4v) is 2.74. The highest BCUT2D eigenvalue weighted by Crippen LogP contribution is 2.27. The Morgan fingerprint density at radius 2 is 1.87 bits per heavy atom. The van der Waals surface area contributed by atoms with Gasteiger partial charge in [0.1, 0.15) is 6.04 Å². The van der Waals surface area contributed by atoms with Gasteiger partial charge < -0.3 is 15.1 Å². The van der Waals surface area contributed by atoms with Crippen molar-refractivity contribution in [2.45, 2.75) is 38.8 Å². The van der Waals surface area contributed by atoms with Crippen molar-refractivity contribution < 1.29 is 9.59 Å². The van der Waals surface area contributed by atoms with Crippen LogP contribution >= 0.6 is 0 Å². The molecule has 5 heteroatoms. The number of nitrogens with zero attached hydrogens (tertiary/aromatic N) is 2. The van der Waals surface area contributed by atoms with Gasteiger partial charge in [0.15, 0.2) is 0 Å². The highest BCUT2D eigenvalue weighted by atomic mass is 16.2. The average molecular weight is 317 g/mol. The van der Waals surface area contributed by atoms with E-state index in [0.29, 0.717) is 12.5 Å². The topological polar surface area (TPSA) is 52.7 Å². The number of benzene rings is 1. The largest absolute Gasteiger partial charge is 0.347 e. The van der Waals surface area contributed by atoms with Crippen molar-refractivity contribution in [2.75, 3.05) is 20.6 Å². The second-order valence-corrected chi connectivity index (χ2v) is 6.57. The van der Waals surface area contributed by atoms with Gasteiger partial charge >= 0.3 is 6.03 Å². The molecule has 0 aromatic heterocycles. The fourth-order valence-electron chi connectivity index (χ4n) is 2.74. The number of nitrogens with one attached hydrogen (secondary N) is 1. The molecule has 1 aromatic rings. The molecule has 126 valence electrons. The molecule has 1 aliphatic rings. The standard InChI is InChI=1S/C18H27N3O2/c1-14(17(22)20(2)3)19-18(23)21(13-16-10-7-11-16)12-15-8-5-4-6-9-15/h4-6,8-9,14,16H,7,10-13H2,1-3H3,(H,19,23)/t14-/m0/s1. The summed E-state index contributed by atoms with van der Waals surface area (Å²) >= 11 is 0. The molecule has 0 aliphatic heterocycles. The summed E-state index contributed by atoms with van der Waals surface area (Å²) in [4.78, 5) is 27.9. The number of hydrogen-bond acceptors (Lipinski definition) is 2. The molecule has 1 saturated carbocycles. The lowest BCUT2D eigenvalue weighted by molar-refractivity contribution is -0.130. The van der Waals surface area contributed by atoms with Crippen LogP contribution in [0.3, 0.4) is 0 Å². The first kappa shape index (κ1) is 17.3. The number of likely N-dealkylation sites (N-methyl/N-ethyl adjacent to an activating group) is 1. The Kier molecular flexibility index (Phi) is 6.02. The second-order valence-electron chi connectivity index (χ2n) is 6.57. The Morgan fingerprint density at radius 3 is 2.39 bits per heavy atom. The van der Waals surface area contributed by atoms with Crippen molar-refractivity contribution in [3.63, 3.8) is 0 Å². The van der Waals surface area contributed by atoms with Crippen molar-refractivity contribution in [3.8, 4) is 0 Å². The maximum Gasteiger partial charge on any atom is 0.318 e. The molecule has 1 atom stereocenters. The number of carbonyl (C=O) groups is 2. The van der Waals surface area contributed by atoms with E-state index in [9.17, 15) is 9.59 Å². The smallest absolute Gasteiger partial charge is 0.318 e.